The minimum atomic E-state index is -3.80. The summed E-state index contributed by atoms with van der Waals surface area (Å²) in [4.78, 5) is 0.0314. The number of anilines is 1. The van der Waals surface area contributed by atoms with Crippen LogP contribution < -0.4 is 9.03 Å². The first kappa shape index (κ1) is 21.8. The molecule has 1 aromatic heterocycles. The Morgan fingerprint density at radius 3 is 2.55 bits per heavy atom. The molecule has 3 aromatic rings. The topological polar surface area (TPSA) is 117 Å². The van der Waals surface area contributed by atoms with Crippen molar-refractivity contribution < 1.29 is 26.4 Å². The third-order valence-corrected chi connectivity index (χ3v) is 8.61. The highest BCUT2D eigenvalue weighted by Gasteiger charge is 2.26. The van der Waals surface area contributed by atoms with Gasteiger partial charge in [-0.2, -0.15) is 0 Å². The number of furan rings is 1. The number of hydrogen-bond donors (Lipinski definition) is 2. The van der Waals surface area contributed by atoms with Gasteiger partial charge in [-0.25, -0.2) is 21.6 Å². The van der Waals surface area contributed by atoms with Crippen molar-refractivity contribution in [1.29, 1.82) is 0 Å². The van der Waals surface area contributed by atoms with E-state index in [1.807, 2.05) is 18.2 Å². The van der Waals surface area contributed by atoms with E-state index in [0.717, 1.165) is 11.8 Å². The number of hydrogen-bond acceptors (Lipinski definition) is 6. The maximum atomic E-state index is 12.6. The molecule has 1 fully saturated rings. The van der Waals surface area contributed by atoms with E-state index in [1.165, 1.54) is 28.6 Å². The van der Waals surface area contributed by atoms with Crippen molar-refractivity contribution in [3.05, 3.63) is 60.4 Å². The largest absolute Gasteiger partial charge is 0.458 e. The lowest BCUT2D eigenvalue weighted by Gasteiger charge is -2.28. The second-order valence-corrected chi connectivity index (χ2v) is 11.3. The van der Waals surface area contributed by atoms with Crippen LogP contribution in [0, 0.1) is 0 Å². The van der Waals surface area contributed by atoms with E-state index in [-0.39, 0.29) is 23.6 Å². The van der Waals surface area contributed by atoms with Gasteiger partial charge in [0, 0.05) is 18.5 Å². The van der Waals surface area contributed by atoms with Crippen molar-refractivity contribution in [2.75, 3.05) is 23.1 Å². The summed E-state index contributed by atoms with van der Waals surface area (Å²) in [7, 11) is -7.15. The number of rotatable bonds is 7. The molecular formula is C21H24N2O6S2. The van der Waals surface area contributed by atoms with Gasteiger partial charge in [0.15, 0.2) is 0 Å². The standard InChI is InChI=1S/C21H24N2O6S2/c24-19(21-15-16-5-1-2-6-20(16)29-21)11-12-22-31(27,28)18-9-7-17(8-10-18)23-13-3-4-14-30(23,25)26/h1-2,5-10,15,19,22,24H,3-4,11-14H2/t19-/m1/s1. The van der Waals surface area contributed by atoms with Gasteiger partial charge in [0.05, 0.1) is 16.3 Å². The number of fused-ring (bicyclic) bond motifs is 1. The smallest absolute Gasteiger partial charge is 0.240 e. The number of nitrogens with zero attached hydrogens (tertiary/aromatic N) is 1. The highest BCUT2D eigenvalue weighted by Crippen LogP contribution is 2.26. The van der Waals surface area contributed by atoms with E-state index in [0.29, 0.717) is 30.0 Å². The molecule has 0 spiro atoms. The van der Waals surface area contributed by atoms with Crippen molar-refractivity contribution >= 4 is 36.7 Å². The van der Waals surface area contributed by atoms with Crippen LogP contribution in [0.4, 0.5) is 5.69 Å². The molecule has 0 radical (unpaired) electrons. The highest BCUT2D eigenvalue weighted by molar-refractivity contribution is 7.92. The molecule has 0 saturated carbocycles. The quantitative estimate of drug-likeness (QED) is 0.555. The minimum Gasteiger partial charge on any atom is -0.458 e. The van der Waals surface area contributed by atoms with Gasteiger partial charge in [-0.05, 0) is 55.7 Å². The molecule has 0 amide bonds. The second kappa shape index (κ2) is 8.62. The van der Waals surface area contributed by atoms with Gasteiger partial charge >= 0.3 is 0 Å². The number of para-hydroxylation sites is 1. The van der Waals surface area contributed by atoms with Gasteiger partial charge in [-0.15, -0.1) is 0 Å². The molecule has 2 N–H and O–H groups in total. The Balaban J connectivity index is 1.38. The number of aliphatic hydroxyl groups excluding tert-OH is 1. The van der Waals surface area contributed by atoms with Gasteiger partial charge in [-0.3, -0.25) is 4.31 Å². The van der Waals surface area contributed by atoms with E-state index in [2.05, 4.69) is 4.72 Å². The summed E-state index contributed by atoms with van der Waals surface area (Å²) < 4.78 is 58.9. The zero-order valence-corrected chi connectivity index (χ0v) is 18.4. The van der Waals surface area contributed by atoms with Gasteiger partial charge in [-0.1, -0.05) is 18.2 Å². The molecule has 166 valence electrons. The normalized spacial score (nSPS) is 17.6. The van der Waals surface area contributed by atoms with Crippen molar-refractivity contribution in [1.82, 2.24) is 4.72 Å². The van der Waals surface area contributed by atoms with Crippen LogP contribution in [-0.2, 0) is 20.0 Å². The maximum Gasteiger partial charge on any atom is 0.240 e. The van der Waals surface area contributed by atoms with Crippen molar-refractivity contribution in [3.63, 3.8) is 0 Å². The third kappa shape index (κ3) is 4.77. The molecule has 0 aliphatic carbocycles. The number of benzene rings is 2. The summed E-state index contributed by atoms with van der Waals surface area (Å²) >= 11 is 0. The Labute approximate surface area is 181 Å². The van der Waals surface area contributed by atoms with Crippen LogP contribution in [0.2, 0.25) is 0 Å². The lowest BCUT2D eigenvalue weighted by Crippen LogP contribution is -2.37. The zero-order valence-electron chi connectivity index (χ0n) is 16.8. The first-order chi connectivity index (χ1) is 14.8. The Morgan fingerprint density at radius 1 is 1.10 bits per heavy atom. The monoisotopic (exact) mass is 464 g/mol. The van der Waals surface area contributed by atoms with E-state index >= 15 is 0 Å². The third-order valence-electron chi connectivity index (χ3n) is 5.27. The Morgan fingerprint density at radius 2 is 1.84 bits per heavy atom. The lowest BCUT2D eigenvalue weighted by atomic mass is 10.2. The highest BCUT2D eigenvalue weighted by atomic mass is 32.2. The van der Waals surface area contributed by atoms with E-state index in [9.17, 15) is 21.9 Å². The number of sulfonamides is 2. The molecule has 4 rings (SSSR count). The first-order valence-electron chi connectivity index (χ1n) is 10.0. The Hall–Kier alpha value is -2.40. The van der Waals surface area contributed by atoms with Crippen molar-refractivity contribution in [2.24, 2.45) is 0 Å². The maximum absolute atomic E-state index is 12.6. The molecule has 1 aliphatic rings. The predicted octanol–water partition coefficient (Wildman–Crippen LogP) is 2.76. The van der Waals surface area contributed by atoms with Crippen molar-refractivity contribution in [2.45, 2.75) is 30.3 Å². The lowest BCUT2D eigenvalue weighted by molar-refractivity contribution is 0.144. The summed E-state index contributed by atoms with van der Waals surface area (Å²) in [5, 5.41) is 11.2. The number of aliphatic hydroxyl groups is 1. The summed E-state index contributed by atoms with van der Waals surface area (Å²) in [6.07, 6.45) is 0.605. The van der Waals surface area contributed by atoms with Gasteiger partial charge in [0.2, 0.25) is 20.0 Å². The summed E-state index contributed by atoms with van der Waals surface area (Å²) in [6, 6.07) is 14.9. The molecule has 1 aliphatic heterocycles. The first-order valence-corrected chi connectivity index (χ1v) is 13.1. The molecule has 10 heteroatoms. The molecule has 0 unspecified atom stereocenters. The SMILES string of the molecule is O=S(=O)(NCC[C@@H](O)c1cc2ccccc2o1)c1ccc(N2CCCCS2(=O)=O)cc1. The van der Waals surface area contributed by atoms with Crippen LogP contribution in [0.1, 0.15) is 31.1 Å². The summed E-state index contributed by atoms with van der Waals surface area (Å²) in [6.45, 7) is 0.412. The van der Waals surface area contributed by atoms with Crippen LogP contribution >= 0.6 is 0 Å². The van der Waals surface area contributed by atoms with Crippen LogP contribution in [0.15, 0.2) is 63.9 Å². The van der Waals surface area contributed by atoms with E-state index in [1.54, 1.807) is 12.1 Å². The average molecular weight is 465 g/mol. The summed E-state index contributed by atoms with van der Waals surface area (Å²) in [5.41, 5.74) is 1.12. The molecule has 2 aromatic carbocycles. The van der Waals surface area contributed by atoms with Gasteiger partial charge in [0.25, 0.3) is 0 Å². The van der Waals surface area contributed by atoms with Crippen LogP contribution in [-0.4, -0.2) is 40.8 Å². The predicted molar refractivity (Wildman–Crippen MR) is 118 cm³/mol. The molecule has 31 heavy (non-hydrogen) atoms. The van der Waals surface area contributed by atoms with Crippen LogP contribution in [0.5, 0.6) is 0 Å². The Kier molecular flexibility index (Phi) is 6.07. The average Bonchev–Trinajstić information content (AvgIpc) is 3.18. The molecule has 8 nitrogen and oxygen atoms in total. The van der Waals surface area contributed by atoms with E-state index in [4.69, 9.17) is 4.42 Å². The fourth-order valence-corrected chi connectivity index (χ4v) is 6.28. The zero-order chi connectivity index (χ0) is 22.1. The second-order valence-electron chi connectivity index (χ2n) is 7.48. The molecule has 0 bridgehead atoms. The fraction of sp³-hybridized carbons (Fsp3) is 0.333. The van der Waals surface area contributed by atoms with Gasteiger partial charge in [0.1, 0.15) is 17.4 Å². The fourth-order valence-electron chi connectivity index (χ4n) is 3.59. The molecule has 2 heterocycles. The molecule has 1 atom stereocenters. The molecule has 1 saturated heterocycles. The van der Waals surface area contributed by atoms with E-state index < -0.39 is 26.2 Å². The van der Waals surface area contributed by atoms with Gasteiger partial charge < -0.3 is 9.52 Å². The summed E-state index contributed by atoms with van der Waals surface area (Å²) in [5.74, 6) is 0.481. The van der Waals surface area contributed by atoms with Crippen molar-refractivity contribution in [3.8, 4) is 0 Å². The molecular weight excluding hydrogens is 440 g/mol. The Bertz CT molecular complexity index is 1230. The van der Waals surface area contributed by atoms with Crippen LogP contribution in [0.25, 0.3) is 11.0 Å². The number of nitrogens with one attached hydrogen (secondary N) is 1. The van der Waals surface area contributed by atoms with Crippen LogP contribution in [0.3, 0.4) is 0 Å². The minimum absolute atomic E-state index is 0.0167.